The van der Waals surface area contributed by atoms with E-state index >= 15 is 0 Å². The molecule has 16 heavy (non-hydrogen) atoms. The predicted octanol–water partition coefficient (Wildman–Crippen LogP) is 1.83. The van der Waals surface area contributed by atoms with Crippen LogP contribution in [0.3, 0.4) is 0 Å². The summed E-state index contributed by atoms with van der Waals surface area (Å²) < 4.78 is 0. The van der Waals surface area contributed by atoms with Gasteiger partial charge in [-0.05, 0) is 11.6 Å². The van der Waals surface area contributed by atoms with Gasteiger partial charge in [0.1, 0.15) is 0 Å². The Morgan fingerprint density at radius 1 is 1.44 bits per heavy atom. The van der Waals surface area contributed by atoms with Crippen molar-refractivity contribution < 1.29 is 4.79 Å². The van der Waals surface area contributed by atoms with Crippen LogP contribution < -0.4 is 5.32 Å². The highest BCUT2D eigenvalue weighted by molar-refractivity contribution is 6.31. The Labute approximate surface area is 100 Å². The molecule has 0 radical (unpaired) electrons. The quantitative estimate of drug-likeness (QED) is 0.810. The van der Waals surface area contributed by atoms with Crippen LogP contribution in [0.5, 0.6) is 0 Å². The predicted molar refractivity (Wildman–Crippen MR) is 64.4 cm³/mol. The standard InChI is InChI=1S/C12H15ClN2O/c1-15-11(8-14-7-6-12(15)16)9-4-2-3-5-10(9)13/h2-5,11,14H,6-8H2,1H3. The highest BCUT2D eigenvalue weighted by Gasteiger charge is 2.25. The molecule has 0 spiro atoms. The molecule has 1 aromatic carbocycles. The van der Waals surface area contributed by atoms with Crippen LogP contribution in [0, 0.1) is 0 Å². The summed E-state index contributed by atoms with van der Waals surface area (Å²) in [5, 5.41) is 3.98. The molecule has 4 heteroatoms. The fourth-order valence-corrected chi connectivity index (χ4v) is 2.25. The van der Waals surface area contributed by atoms with Crippen molar-refractivity contribution in [2.45, 2.75) is 12.5 Å². The molecule has 3 nitrogen and oxygen atoms in total. The maximum atomic E-state index is 11.8. The summed E-state index contributed by atoms with van der Waals surface area (Å²) >= 11 is 6.16. The zero-order valence-electron chi connectivity index (χ0n) is 9.24. The van der Waals surface area contributed by atoms with E-state index < -0.39 is 0 Å². The topological polar surface area (TPSA) is 32.3 Å². The largest absolute Gasteiger partial charge is 0.337 e. The van der Waals surface area contributed by atoms with Gasteiger partial charge < -0.3 is 10.2 Å². The molecule has 1 atom stereocenters. The molecule has 0 bridgehead atoms. The van der Waals surface area contributed by atoms with Gasteiger partial charge in [-0.3, -0.25) is 4.79 Å². The molecule has 1 aromatic rings. The van der Waals surface area contributed by atoms with Crippen molar-refractivity contribution in [1.29, 1.82) is 0 Å². The van der Waals surface area contributed by atoms with Gasteiger partial charge in [0.05, 0.1) is 6.04 Å². The lowest BCUT2D eigenvalue weighted by atomic mass is 10.1. The van der Waals surface area contributed by atoms with E-state index in [1.165, 1.54) is 0 Å². The van der Waals surface area contributed by atoms with Crippen LogP contribution in [0.25, 0.3) is 0 Å². The molecular weight excluding hydrogens is 224 g/mol. The van der Waals surface area contributed by atoms with E-state index in [2.05, 4.69) is 5.32 Å². The number of hydrogen-bond donors (Lipinski definition) is 1. The maximum absolute atomic E-state index is 11.8. The van der Waals surface area contributed by atoms with Gasteiger partial charge in [-0.15, -0.1) is 0 Å². The molecule has 1 unspecified atom stereocenters. The second-order valence-electron chi connectivity index (χ2n) is 4.00. The summed E-state index contributed by atoms with van der Waals surface area (Å²) in [5.74, 6) is 0.162. The van der Waals surface area contributed by atoms with E-state index in [-0.39, 0.29) is 11.9 Å². The van der Waals surface area contributed by atoms with Gasteiger partial charge in [0, 0.05) is 31.6 Å². The van der Waals surface area contributed by atoms with Gasteiger partial charge in [0.2, 0.25) is 5.91 Å². The Kier molecular flexibility index (Phi) is 3.46. The van der Waals surface area contributed by atoms with Crippen LogP contribution >= 0.6 is 11.6 Å². The Morgan fingerprint density at radius 2 is 2.19 bits per heavy atom. The minimum atomic E-state index is 0.0312. The molecule has 86 valence electrons. The van der Waals surface area contributed by atoms with E-state index in [1.54, 1.807) is 4.90 Å². The van der Waals surface area contributed by atoms with Crippen molar-refractivity contribution in [3.05, 3.63) is 34.9 Å². The average molecular weight is 239 g/mol. The molecule has 0 saturated carbocycles. The van der Waals surface area contributed by atoms with Crippen molar-refractivity contribution in [3.8, 4) is 0 Å². The minimum Gasteiger partial charge on any atom is -0.337 e. The highest BCUT2D eigenvalue weighted by Crippen LogP contribution is 2.27. The van der Waals surface area contributed by atoms with E-state index in [0.29, 0.717) is 6.42 Å². The van der Waals surface area contributed by atoms with Gasteiger partial charge >= 0.3 is 0 Å². The van der Waals surface area contributed by atoms with Crippen molar-refractivity contribution in [2.75, 3.05) is 20.1 Å². The molecule has 1 aliphatic rings. The summed E-state index contributed by atoms with van der Waals surface area (Å²) in [7, 11) is 1.84. The first-order valence-electron chi connectivity index (χ1n) is 5.41. The van der Waals surface area contributed by atoms with E-state index in [0.717, 1.165) is 23.7 Å². The zero-order chi connectivity index (χ0) is 11.5. The highest BCUT2D eigenvalue weighted by atomic mass is 35.5. The number of rotatable bonds is 1. The molecule has 1 heterocycles. The van der Waals surface area contributed by atoms with Gasteiger partial charge in [-0.2, -0.15) is 0 Å². The third kappa shape index (κ3) is 2.20. The molecule has 0 aliphatic carbocycles. The molecule has 1 aliphatic heterocycles. The van der Waals surface area contributed by atoms with Crippen molar-refractivity contribution in [1.82, 2.24) is 10.2 Å². The van der Waals surface area contributed by atoms with Gasteiger partial charge in [-0.1, -0.05) is 29.8 Å². The number of amides is 1. The van der Waals surface area contributed by atoms with E-state index in [1.807, 2.05) is 31.3 Å². The SMILES string of the molecule is CN1C(=O)CCNCC1c1ccccc1Cl. The van der Waals surface area contributed by atoms with E-state index in [4.69, 9.17) is 11.6 Å². The molecule has 0 aromatic heterocycles. The smallest absolute Gasteiger partial charge is 0.224 e. The second kappa shape index (κ2) is 4.85. The summed E-state index contributed by atoms with van der Waals surface area (Å²) in [6.45, 7) is 1.50. The summed E-state index contributed by atoms with van der Waals surface area (Å²) in [6, 6.07) is 7.72. The van der Waals surface area contributed by atoms with Crippen LogP contribution in [0.15, 0.2) is 24.3 Å². The zero-order valence-corrected chi connectivity index (χ0v) is 10.00. The maximum Gasteiger partial charge on any atom is 0.224 e. The number of likely N-dealkylation sites (N-methyl/N-ethyl adjacent to an activating group) is 1. The molecular formula is C12H15ClN2O. The molecule has 1 amide bonds. The third-order valence-electron chi connectivity index (χ3n) is 2.98. The Balaban J connectivity index is 2.31. The normalized spacial score (nSPS) is 22.0. The first kappa shape index (κ1) is 11.4. The monoisotopic (exact) mass is 238 g/mol. The first-order chi connectivity index (χ1) is 7.70. The van der Waals surface area contributed by atoms with Gasteiger partial charge in [-0.25, -0.2) is 0 Å². The number of nitrogens with zero attached hydrogens (tertiary/aromatic N) is 1. The van der Waals surface area contributed by atoms with Crippen molar-refractivity contribution >= 4 is 17.5 Å². The van der Waals surface area contributed by atoms with Crippen LogP contribution in [-0.2, 0) is 4.79 Å². The second-order valence-corrected chi connectivity index (χ2v) is 4.40. The van der Waals surface area contributed by atoms with Crippen LogP contribution in [0.1, 0.15) is 18.0 Å². The van der Waals surface area contributed by atoms with Gasteiger partial charge in [0.15, 0.2) is 0 Å². The number of nitrogens with one attached hydrogen (secondary N) is 1. The lowest BCUT2D eigenvalue weighted by Crippen LogP contribution is -2.32. The Morgan fingerprint density at radius 3 is 2.94 bits per heavy atom. The molecule has 1 saturated heterocycles. The number of carbonyl (C=O) groups is 1. The number of halogens is 1. The van der Waals surface area contributed by atoms with E-state index in [9.17, 15) is 4.79 Å². The Bertz CT molecular complexity index is 394. The minimum absolute atomic E-state index is 0.0312. The van der Waals surface area contributed by atoms with Crippen LogP contribution in [0.4, 0.5) is 0 Å². The van der Waals surface area contributed by atoms with Crippen LogP contribution in [-0.4, -0.2) is 30.9 Å². The summed E-state index contributed by atoms with van der Waals surface area (Å²) in [4.78, 5) is 13.5. The number of hydrogen-bond acceptors (Lipinski definition) is 2. The lowest BCUT2D eigenvalue weighted by molar-refractivity contribution is -0.131. The number of carbonyl (C=O) groups excluding carboxylic acids is 1. The van der Waals surface area contributed by atoms with Crippen LogP contribution in [0.2, 0.25) is 5.02 Å². The third-order valence-corrected chi connectivity index (χ3v) is 3.32. The average Bonchev–Trinajstić information content (AvgIpc) is 2.44. The summed E-state index contributed by atoms with van der Waals surface area (Å²) in [6.07, 6.45) is 0.553. The van der Waals surface area contributed by atoms with Crippen molar-refractivity contribution in [2.24, 2.45) is 0 Å². The number of benzene rings is 1. The molecule has 1 N–H and O–H groups in total. The summed E-state index contributed by atoms with van der Waals surface area (Å²) in [5.41, 5.74) is 1.01. The molecule has 1 fully saturated rings. The Hall–Kier alpha value is -1.06. The fourth-order valence-electron chi connectivity index (χ4n) is 1.99. The first-order valence-corrected chi connectivity index (χ1v) is 5.79. The van der Waals surface area contributed by atoms with Crippen molar-refractivity contribution in [3.63, 3.8) is 0 Å². The lowest BCUT2D eigenvalue weighted by Gasteiger charge is -2.26. The fraction of sp³-hybridized carbons (Fsp3) is 0.417. The molecule has 2 rings (SSSR count). The van der Waals surface area contributed by atoms with Gasteiger partial charge in [0.25, 0.3) is 0 Å².